The molecule has 0 bridgehead atoms. The first-order valence-corrected chi connectivity index (χ1v) is 9.50. The maximum absolute atomic E-state index is 12.6. The Morgan fingerprint density at radius 1 is 1.38 bits per heavy atom. The maximum Gasteiger partial charge on any atom is 0.220 e. The van der Waals surface area contributed by atoms with E-state index >= 15 is 0 Å². The van der Waals surface area contributed by atoms with Gasteiger partial charge in [-0.3, -0.25) is 9.69 Å². The molecular formula is C18H25ClN6O. The minimum absolute atomic E-state index is 0.0124. The van der Waals surface area contributed by atoms with Crippen molar-refractivity contribution >= 4 is 17.5 Å². The molecule has 1 aliphatic rings. The second kappa shape index (κ2) is 9.09. The number of likely N-dealkylation sites (tertiary alicyclic amines) is 1. The number of hydrogen-bond donors (Lipinski definition) is 1. The third kappa shape index (κ3) is 5.02. The van der Waals surface area contributed by atoms with Gasteiger partial charge in [-0.15, -0.1) is 5.10 Å². The van der Waals surface area contributed by atoms with Gasteiger partial charge in [0.15, 0.2) is 0 Å². The highest BCUT2D eigenvalue weighted by Crippen LogP contribution is 2.23. The minimum Gasteiger partial charge on any atom is -0.355 e. The minimum atomic E-state index is -0.0124. The quantitative estimate of drug-likeness (QED) is 0.763. The summed E-state index contributed by atoms with van der Waals surface area (Å²) < 4.78 is 1.66. The first-order valence-electron chi connectivity index (χ1n) is 9.12. The number of halogens is 1. The number of amides is 1. The summed E-state index contributed by atoms with van der Waals surface area (Å²) in [6.07, 6.45) is 4.32. The van der Waals surface area contributed by atoms with Crippen molar-refractivity contribution in [3.8, 4) is 0 Å². The Morgan fingerprint density at radius 3 is 2.88 bits per heavy atom. The van der Waals surface area contributed by atoms with Crippen molar-refractivity contribution in [2.45, 2.75) is 44.7 Å². The molecular weight excluding hydrogens is 352 g/mol. The Hall–Kier alpha value is -1.99. The molecule has 0 unspecified atom stereocenters. The van der Waals surface area contributed by atoms with Crippen LogP contribution in [0.4, 0.5) is 0 Å². The highest BCUT2D eigenvalue weighted by molar-refractivity contribution is 6.30. The van der Waals surface area contributed by atoms with Crippen LogP contribution in [-0.4, -0.2) is 56.7 Å². The van der Waals surface area contributed by atoms with Crippen LogP contribution in [0.2, 0.25) is 5.02 Å². The van der Waals surface area contributed by atoms with Gasteiger partial charge in [-0.25, -0.2) is 4.68 Å². The number of nitrogens with one attached hydrogen (secondary N) is 1. The molecule has 0 radical (unpaired) electrons. The summed E-state index contributed by atoms with van der Waals surface area (Å²) in [6.45, 7) is 5.59. The molecule has 0 aliphatic carbocycles. The van der Waals surface area contributed by atoms with E-state index in [1.807, 2.05) is 24.3 Å². The maximum atomic E-state index is 12.6. The van der Waals surface area contributed by atoms with Crippen LogP contribution in [0.5, 0.6) is 0 Å². The number of likely N-dealkylation sites (N-methyl/N-ethyl adjacent to an activating group) is 1. The molecule has 1 aromatic carbocycles. The molecule has 140 valence electrons. The summed E-state index contributed by atoms with van der Waals surface area (Å²) in [4.78, 5) is 15.0. The summed E-state index contributed by atoms with van der Waals surface area (Å²) in [5.74, 6) is 0.0441. The third-order valence-electron chi connectivity index (χ3n) is 5.01. The van der Waals surface area contributed by atoms with Crippen molar-refractivity contribution in [2.24, 2.45) is 0 Å². The lowest BCUT2D eigenvalue weighted by Crippen LogP contribution is -2.40. The molecule has 1 amide bonds. The molecule has 2 aromatic rings. The van der Waals surface area contributed by atoms with Crippen LogP contribution < -0.4 is 5.32 Å². The van der Waals surface area contributed by atoms with E-state index in [0.29, 0.717) is 30.6 Å². The molecule has 7 nitrogen and oxygen atoms in total. The Bertz CT molecular complexity index is 690. The van der Waals surface area contributed by atoms with Gasteiger partial charge >= 0.3 is 0 Å². The van der Waals surface area contributed by atoms with E-state index in [2.05, 4.69) is 32.7 Å². The summed E-state index contributed by atoms with van der Waals surface area (Å²) in [5.41, 5.74) is 1.05. The predicted molar refractivity (Wildman–Crippen MR) is 99.9 cm³/mol. The summed E-state index contributed by atoms with van der Waals surface area (Å²) in [6, 6.07) is 8.07. The Labute approximate surface area is 158 Å². The standard InChI is InChI=1S/C18H25ClN6O/c1-2-24-9-3-4-17(24)11-20-18(26)10-15(12-25-13-21-22-23-25)14-5-7-16(19)8-6-14/h5-8,13,15,17H,2-4,9-12H2,1H3,(H,20,26)/t15-,17-/m1/s1. The molecule has 1 saturated heterocycles. The van der Waals surface area contributed by atoms with Gasteiger partial charge in [0, 0.05) is 29.9 Å². The summed E-state index contributed by atoms with van der Waals surface area (Å²) in [7, 11) is 0. The number of rotatable bonds is 8. The van der Waals surface area contributed by atoms with E-state index in [-0.39, 0.29) is 11.8 Å². The average Bonchev–Trinajstić information content (AvgIpc) is 3.31. The lowest BCUT2D eigenvalue weighted by Gasteiger charge is -2.23. The van der Waals surface area contributed by atoms with Crippen molar-refractivity contribution < 1.29 is 4.79 Å². The van der Waals surface area contributed by atoms with Gasteiger partial charge in [0.05, 0.1) is 6.54 Å². The van der Waals surface area contributed by atoms with Crippen molar-refractivity contribution in [1.82, 2.24) is 30.4 Å². The lowest BCUT2D eigenvalue weighted by molar-refractivity contribution is -0.121. The Kier molecular flexibility index (Phi) is 6.57. The molecule has 1 fully saturated rings. The fourth-order valence-corrected chi connectivity index (χ4v) is 3.71. The van der Waals surface area contributed by atoms with Gasteiger partial charge in [-0.05, 0) is 54.1 Å². The van der Waals surface area contributed by atoms with Crippen molar-refractivity contribution in [1.29, 1.82) is 0 Å². The zero-order chi connectivity index (χ0) is 18.4. The second-order valence-electron chi connectivity index (χ2n) is 6.71. The number of carbonyl (C=O) groups is 1. The first kappa shape index (κ1) is 18.8. The summed E-state index contributed by atoms with van der Waals surface area (Å²) in [5, 5.41) is 15.1. The van der Waals surface area contributed by atoms with Crippen molar-refractivity contribution in [3.05, 3.63) is 41.2 Å². The number of carbonyl (C=O) groups excluding carboxylic acids is 1. The van der Waals surface area contributed by atoms with Crippen molar-refractivity contribution in [3.63, 3.8) is 0 Å². The van der Waals surface area contributed by atoms with Crippen LogP contribution in [0.25, 0.3) is 0 Å². The van der Waals surface area contributed by atoms with Crippen LogP contribution in [0.1, 0.15) is 37.7 Å². The van der Waals surface area contributed by atoms with E-state index in [9.17, 15) is 4.79 Å². The lowest BCUT2D eigenvalue weighted by atomic mass is 9.95. The Balaban J connectivity index is 1.61. The summed E-state index contributed by atoms with van der Waals surface area (Å²) >= 11 is 5.99. The van der Waals surface area contributed by atoms with Gasteiger partial charge in [-0.2, -0.15) is 0 Å². The van der Waals surface area contributed by atoms with E-state index in [0.717, 1.165) is 25.1 Å². The molecule has 2 atom stereocenters. The van der Waals surface area contributed by atoms with Gasteiger partial charge in [0.2, 0.25) is 5.91 Å². The number of nitrogens with zero attached hydrogens (tertiary/aromatic N) is 5. The normalized spacial score (nSPS) is 18.8. The van der Waals surface area contributed by atoms with E-state index in [1.54, 1.807) is 11.0 Å². The van der Waals surface area contributed by atoms with Gasteiger partial charge in [-0.1, -0.05) is 30.7 Å². The molecule has 0 saturated carbocycles. The molecule has 1 aromatic heterocycles. The molecule has 1 aliphatic heterocycles. The molecule has 2 heterocycles. The van der Waals surface area contributed by atoms with Crippen LogP contribution in [-0.2, 0) is 11.3 Å². The number of aromatic nitrogens is 4. The topological polar surface area (TPSA) is 75.9 Å². The molecule has 0 spiro atoms. The molecule has 1 N–H and O–H groups in total. The fourth-order valence-electron chi connectivity index (χ4n) is 3.58. The van der Waals surface area contributed by atoms with Crippen LogP contribution in [0.15, 0.2) is 30.6 Å². The number of tetrazole rings is 1. The van der Waals surface area contributed by atoms with Gasteiger partial charge in [0.1, 0.15) is 6.33 Å². The number of benzene rings is 1. The predicted octanol–water partition coefficient (Wildman–Crippen LogP) is 2.10. The average molecular weight is 377 g/mol. The van der Waals surface area contributed by atoms with Crippen LogP contribution in [0.3, 0.4) is 0 Å². The van der Waals surface area contributed by atoms with E-state index in [1.165, 1.54) is 6.42 Å². The third-order valence-corrected chi connectivity index (χ3v) is 5.26. The number of hydrogen-bond acceptors (Lipinski definition) is 5. The SMILES string of the molecule is CCN1CCC[C@@H]1CNC(=O)C[C@H](Cn1cnnn1)c1ccc(Cl)cc1. The monoisotopic (exact) mass is 376 g/mol. The van der Waals surface area contributed by atoms with E-state index in [4.69, 9.17) is 11.6 Å². The largest absolute Gasteiger partial charge is 0.355 e. The van der Waals surface area contributed by atoms with E-state index < -0.39 is 0 Å². The highest BCUT2D eigenvalue weighted by atomic mass is 35.5. The molecule has 26 heavy (non-hydrogen) atoms. The first-order chi connectivity index (χ1) is 12.7. The van der Waals surface area contributed by atoms with Crippen molar-refractivity contribution in [2.75, 3.05) is 19.6 Å². The smallest absolute Gasteiger partial charge is 0.220 e. The van der Waals surface area contributed by atoms with Crippen LogP contribution >= 0.6 is 11.6 Å². The second-order valence-corrected chi connectivity index (χ2v) is 7.15. The van der Waals surface area contributed by atoms with Crippen LogP contribution in [0, 0.1) is 0 Å². The molecule has 3 rings (SSSR count). The highest BCUT2D eigenvalue weighted by Gasteiger charge is 2.24. The van der Waals surface area contributed by atoms with Gasteiger partial charge < -0.3 is 5.32 Å². The molecule has 8 heteroatoms. The zero-order valence-electron chi connectivity index (χ0n) is 15.0. The Morgan fingerprint density at radius 2 is 2.19 bits per heavy atom. The van der Waals surface area contributed by atoms with Gasteiger partial charge in [0.25, 0.3) is 0 Å². The zero-order valence-corrected chi connectivity index (χ0v) is 15.8. The fraction of sp³-hybridized carbons (Fsp3) is 0.556.